The Bertz CT molecular complexity index is 549. The highest BCUT2D eigenvalue weighted by Crippen LogP contribution is 2.28. The third-order valence-electron chi connectivity index (χ3n) is 1.83. The second-order valence-electron chi connectivity index (χ2n) is 3.15. The van der Waals surface area contributed by atoms with Gasteiger partial charge in [-0.15, -0.1) is 0 Å². The van der Waals surface area contributed by atoms with Gasteiger partial charge in [0.1, 0.15) is 0 Å². The summed E-state index contributed by atoms with van der Waals surface area (Å²) in [4.78, 5) is 28.4. The summed E-state index contributed by atoms with van der Waals surface area (Å²) in [5.74, 6) is -0.946. The lowest BCUT2D eigenvalue weighted by Gasteiger charge is -2.07. The van der Waals surface area contributed by atoms with Crippen molar-refractivity contribution in [3.05, 3.63) is 10.1 Å². The fraction of sp³-hybridized carbons (Fsp3) is 0.375. The van der Waals surface area contributed by atoms with Crippen molar-refractivity contribution in [2.45, 2.75) is 12.1 Å². The third kappa shape index (κ3) is 3.58. The van der Waals surface area contributed by atoms with Gasteiger partial charge in [-0.25, -0.2) is 4.79 Å². The molecule has 3 N–H and O–H groups in total. The van der Waals surface area contributed by atoms with E-state index in [1.807, 2.05) is 0 Å². The summed E-state index contributed by atoms with van der Waals surface area (Å²) in [6.45, 7) is 1.64. The molecule has 1 amide bonds. The Hall–Kier alpha value is -2.30. The standard InChI is InChI=1S/C8H11N5O5S/c1-3-18-8(14)12-6-4(13(15)16)5(9)10-7(11-6)19(2)17/h3H2,1-2H3,(H3,9,10,11,12,14). The number of nitrogens with two attached hydrogens (primary N) is 1. The molecule has 0 aromatic carbocycles. The first-order valence-electron chi connectivity index (χ1n) is 4.95. The van der Waals surface area contributed by atoms with Crippen molar-refractivity contribution in [1.29, 1.82) is 0 Å². The highest BCUT2D eigenvalue weighted by molar-refractivity contribution is 7.84. The van der Waals surface area contributed by atoms with E-state index < -0.39 is 39.1 Å². The maximum absolute atomic E-state index is 11.3. The van der Waals surface area contributed by atoms with E-state index in [4.69, 9.17) is 5.73 Å². The number of hydrogen-bond donors (Lipinski definition) is 2. The molecule has 1 unspecified atom stereocenters. The van der Waals surface area contributed by atoms with Crippen LogP contribution >= 0.6 is 0 Å². The maximum atomic E-state index is 11.3. The van der Waals surface area contributed by atoms with Gasteiger partial charge in [-0.3, -0.25) is 19.6 Å². The lowest BCUT2D eigenvalue weighted by molar-refractivity contribution is -0.383. The molecule has 19 heavy (non-hydrogen) atoms. The number of carbonyl (C=O) groups is 1. The van der Waals surface area contributed by atoms with Gasteiger partial charge in [0.2, 0.25) is 16.8 Å². The molecule has 0 aliphatic carbocycles. The van der Waals surface area contributed by atoms with Gasteiger partial charge in [0.05, 0.1) is 22.3 Å². The van der Waals surface area contributed by atoms with Gasteiger partial charge in [0, 0.05) is 6.26 Å². The molecule has 1 atom stereocenters. The van der Waals surface area contributed by atoms with E-state index in [9.17, 15) is 19.1 Å². The minimum Gasteiger partial charge on any atom is -0.450 e. The van der Waals surface area contributed by atoms with Crippen molar-refractivity contribution in [2.24, 2.45) is 0 Å². The van der Waals surface area contributed by atoms with Gasteiger partial charge >= 0.3 is 11.8 Å². The molecule has 1 rings (SSSR count). The molecular weight excluding hydrogens is 278 g/mol. The van der Waals surface area contributed by atoms with Crippen LogP contribution in [0.15, 0.2) is 5.16 Å². The lowest BCUT2D eigenvalue weighted by atomic mass is 10.4. The summed E-state index contributed by atoms with van der Waals surface area (Å²) in [6.07, 6.45) is 0.339. The third-order valence-corrected chi connectivity index (χ3v) is 2.52. The number of nitrogens with zero attached hydrogens (tertiary/aromatic N) is 3. The van der Waals surface area contributed by atoms with Gasteiger partial charge in [0.25, 0.3) is 0 Å². The van der Waals surface area contributed by atoms with E-state index in [0.29, 0.717) is 0 Å². The molecule has 1 heterocycles. The van der Waals surface area contributed by atoms with Gasteiger partial charge in [0.15, 0.2) is 0 Å². The van der Waals surface area contributed by atoms with Crippen LogP contribution in [0.2, 0.25) is 0 Å². The Morgan fingerprint density at radius 2 is 2.21 bits per heavy atom. The molecule has 0 bridgehead atoms. The number of hydrogen-bond acceptors (Lipinski definition) is 8. The average molecular weight is 289 g/mol. The van der Waals surface area contributed by atoms with Gasteiger partial charge in [-0.1, -0.05) is 0 Å². The van der Waals surface area contributed by atoms with Crippen LogP contribution in [0.3, 0.4) is 0 Å². The molecule has 0 saturated heterocycles. The molecule has 104 valence electrons. The molecule has 0 fully saturated rings. The zero-order valence-electron chi connectivity index (χ0n) is 10.1. The van der Waals surface area contributed by atoms with Gasteiger partial charge in [-0.2, -0.15) is 9.97 Å². The van der Waals surface area contributed by atoms with Crippen LogP contribution in [-0.2, 0) is 15.5 Å². The Kier molecular flexibility index (Phi) is 4.69. The molecular formula is C8H11N5O5S. The van der Waals surface area contributed by atoms with Crippen LogP contribution in [0.25, 0.3) is 0 Å². The zero-order valence-corrected chi connectivity index (χ0v) is 10.9. The van der Waals surface area contributed by atoms with Crippen molar-refractivity contribution >= 4 is 34.2 Å². The quantitative estimate of drug-likeness (QED) is 0.455. The van der Waals surface area contributed by atoms with E-state index in [1.54, 1.807) is 6.92 Å². The summed E-state index contributed by atoms with van der Waals surface area (Å²) in [5.41, 5.74) is 4.71. The van der Waals surface area contributed by atoms with Crippen molar-refractivity contribution < 1.29 is 18.7 Å². The number of nitrogens with one attached hydrogen (secondary N) is 1. The van der Waals surface area contributed by atoms with Crippen LogP contribution in [0, 0.1) is 10.1 Å². The van der Waals surface area contributed by atoms with Crippen LogP contribution in [0.5, 0.6) is 0 Å². The van der Waals surface area contributed by atoms with Gasteiger partial charge < -0.3 is 10.5 Å². The summed E-state index contributed by atoms with van der Waals surface area (Å²) >= 11 is 0. The van der Waals surface area contributed by atoms with E-state index in [-0.39, 0.29) is 11.8 Å². The summed E-state index contributed by atoms with van der Waals surface area (Å²) in [6, 6.07) is 0. The van der Waals surface area contributed by atoms with Crippen LogP contribution in [0.1, 0.15) is 6.92 Å². The minimum absolute atomic E-state index is 0.0762. The topological polar surface area (TPSA) is 150 Å². The van der Waals surface area contributed by atoms with E-state index in [1.165, 1.54) is 6.26 Å². The van der Waals surface area contributed by atoms with Crippen LogP contribution in [-0.4, -0.2) is 38.1 Å². The van der Waals surface area contributed by atoms with Crippen molar-refractivity contribution in [1.82, 2.24) is 9.97 Å². The largest absolute Gasteiger partial charge is 0.450 e. The summed E-state index contributed by atoms with van der Waals surface area (Å²) in [7, 11) is -1.61. The fourth-order valence-corrected chi connectivity index (χ4v) is 1.56. The number of aromatic nitrogens is 2. The van der Waals surface area contributed by atoms with E-state index in [2.05, 4.69) is 20.0 Å². The first-order chi connectivity index (χ1) is 8.86. The highest BCUT2D eigenvalue weighted by atomic mass is 32.2. The number of nitrogen functional groups attached to an aromatic ring is 1. The van der Waals surface area contributed by atoms with Crippen molar-refractivity contribution in [3.63, 3.8) is 0 Å². The summed E-state index contributed by atoms with van der Waals surface area (Å²) in [5, 5.41) is 12.7. The molecule has 1 aromatic heterocycles. The molecule has 11 heteroatoms. The minimum atomic E-state index is -1.61. The number of amides is 1. The maximum Gasteiger partial charge on any atom is 0.412 e. The molecule has 0 aliphatic heterocycles. The predicted molar refractivity (Wildman–Crippen MR) is 66.1 cm³/mol. The van der Waals surface area contributed by atoms with Crippen molar-refractivity contribution in [2.75, 3.05) is 23.9 Å². The van der Waals surface area contributed by atoms with E-state index in [0.717, 1.165) is 0 Å². The highest BCUT2D eigenvalue weighted by Gasteiger charge is 2.25. The van der Waals surface area contributed by atoms with Crippen molar-refractivity contribution in [3.8, 4) is 0 Å². The number of anilines is 2. The number of rotatable bonds is 4. The molecule has 10 nitrogen and oxygen atoms in total. The predicted octanol–water partition coefficient (Wildman–Crippen LogP) is 0.273. The Morgan fingerprint density at radius 3 is 2.68 bits per heavy atom. The Balaban J connectivity index is 3.28. The second-order valence-corrected chi connectivity index (χ2v) is 4.42. The molecule has 0 radical (unpaired) electrons. The number of nitro groups is 1. The first-order valence-corrected chi connectivity index (χ1v) is 6.51. The van der Waals surface area contributed by atoms with Gasteiger partial charge in [-0.05, 0) is 6.92 Å². The zero-order chi connectivity index (χ0) is 14.6. The van der Waals surface area contributed by atoms with Crippen LogP contribution in [0.4, 0.5) is 22.1 Å². The summed E-state index contributed by atoms with van der Waals surface area (Å²) < 4.78 is 15.8. The molecule has 0 spiro atoms. The normalized spacial score (nSPS) is 11.7. The van der Waals surface area contributed by atoms with E-state index >= 15 is 0 Å². The smallest absolute Gasteiger partial charge is 0.412 e. The second kappa shape index (κ2) is 6.04. The SMILES string of the molecule is CCOC(=O)Nc1nc(S(C)=O)nc(N)c1[N+](=O)[O-]. The van der Waals surface area contributed by atoms with Crippen LogP contribution < -0.4 is 11.1 Å². The Labute approximate surface area is 110 Å². The first kappa shape index (κ1) is 14.8. The Morgan fingerprint density at radius 1 is 1.58 bits per heavy atom. The molecule has 0 aliphatic rings. The average Bonchev–Trinajstić information content (AvgIpc) is 2.27. The monoisotopic (exact) mass is 289 g/mol. The lowest BCUT2D eigenvalue weighted by Crippen LogP contribution is -2.18. The number of carbonyl (C=O) groups excluding carboxylic acids is 1. The number of ether oxygens (including phenoxy) is 1. The molecule has 1 aromatic rings. The molecule has 0 saturated carbocycles. The fourth-order valence-electron chi connectivity index (χ4n) is 1.11.